The number of hydrogen-bond acceptors (Lipinski definition) is 1. The second-order valence-corrected chi connectivity index (χ2v) is 5.41. The quantitative estimate of drug-likeness (QED) is 0.779. The first-order valence-electron chi connectivity index (χ1n) is 6.44. The average Bonchev–Trinajstić information content (AvgIpc) is 2.45. The van der Waals surface area contributed by atoms with E-state index >= 15 is 0 Å². The third-order valence-corrected chi connectivity index (χ3v) is 3.97. The molecule has 2 aromatic carbocycles. The zero-order valence-electron chi connectivity index (χ0n) is 11.4. The lowest BCUT2D eigenvalue weighted by atomic mass is 9.94. The Labute approximate surface area is 123 Å². The maximum atomic E-state index is 12.4. The van der Waals surface area contributed by atoms with Crippen LogP contribution in [0.15, 0.2) is 48.5 Å². The van der Waals surface area contributed by atoms with Crippen LogP contribution in [-0.4, -0.2) is 25.0 Å². The van der Waals surface area contributed by atoms with Crippen LogP contribution in [0.3, 0.4) is 0 Å². The van der Waals surface area contributed by atoms with E-state index in [9.17, 15) is 4.79 Å². The van der Waals surface area contributed by atoms with Gasteiger partial charge in [0.15, 0.2) is 0 Å². The molecule has 1 aliphatic rings. The molecule has 2 aromatic rings. The Balaban J connectivity index is 2.19. The van der Waals surface area contributed by atoms with Crippen molar-refractivity contribution in [3.8, 4) is 0 Å². The Morgan fingerprint density at radius 3 is 2.55 bits per heavy atom. The van der Waals surface area contributed by atoms with E-state index in [0.717, 1.165) is 16.8 Å². The van der Waals surface area contributed by atoms with Gasteiger partial charge < -0.3 is 4.90 Å². The van der Waals surface area contributed by atoms with Gasteiger partial charge in [-0.3, -0.25) is 4.90 Å². The van der Waals surface area contributed by atoms with Gasteiger partial charge in [-0.15, -0.1) is 0 Å². The molecule has 0 radical (unpaired) electrons. The summed E-state index contributed by atoms with van der Waals surface area (Å²) in [5, 5.41) is 0.680. The monoisotopic (exact) mass is 286 g/mol. The molecule has 0 saturated heterocycles. The molecule has 0 aromatic heterocycles. The lowest BCUT2D eigenvalue weighted by Crippen LogP contribution is -2.45. The Morgan fingerprint density at radius 2 is 1.80 bits per heavy atom. The van der Waals surface area contributed by atoms with Crippen LogP contribution in [0.5, 0.6) is 0 Å². The van der Waals surface area contributed by atoms with Crippen LogP contribution in [0.2, 0.25) is 5.02 Å². The van der Waals surface area contributed by atoms with E-state index in [0.29, 0.717) is 5.02 Å². The summed E-state index contributed by atoms with van der Waals surface area (Å²) in [6, 6.07) is 15.5. The van der Waals surface area contributed by atoms with E-state index in [1.807, 2.05) is 49.5 Å². The zero-order chi connectivity index (χ0) is 14.3. The number of hydrogen-bond donors (Lipinski definition) is 0. The number of benzene rings is 2. The van der Waals surface area contributed by atoms with Crippen molar-refractivity contribution in [2.75, 3.05) is 19.0 Å². The van der Waals surface area contributed by atoms with Crippen LogP contribution in [0.25, 0.3) is 0 Å². The first-order chi connectivity index (χ1) is 9.59. The lowest BCUT2D eigenvalue weighted by Gasteiger charge is -2.39. The molecule has 20 heavy (non-hydrogen) atoms. The molecular formula is C16H15ClN2O. The number of rotatable bonds is 1. The number of para-hydroxylation sites is 1. The summed E-state index contributed by atoms with van der Waals surface area (Å²) in [4.78, 5) is 15.8. The van der Waals surface area contributed by atoms with Gasteiger partial charge in [0.25, 0.3) is 0 Å². The third kappa shape index (κ3) is 1.95. The summed E-state index contributed by atoms with van der Waals surface area (Å²) >= 11 is 6.09. The molecule has 0 aliphatic carbocycles. The summed E-state index contributed by atoms with van der Waals surface area (Å²) in [7, 11) is 3.62. The van der Waals surface area contributed by atoms with Crippen molar-refractivity contribution >= 4 is 23.3 Å². The molecule has 3 rings (SSSR count). The molecule has 0 spiro atoms. The highest BCUT2D eigenvalue weighted by molar-refractivity contribution is 6.30. The number of nitrogens with zero attached hydrogens (tertiary/aromatic N) is 2. The summed E-state index contributed by atoms with van der Waals surface area (Å²) in [5.74, 6) is 0. The number of urea groups is 1. The first-order valence-corrected chi connectivity index (χ1v) is 6.82. The first kappa shape index (κ1) is 13.0. The minimum absolute atomic E-state index is 0.0197. The van der Waals surface area contributed by atoms with Crippen molar-refractivity contribution in [3.05, 3.63) is 64.7 Å². The molecule has 2 amide bonds. The normalized spacial score (nSPS) is 18.1. The topological polar surface area (TPSA) is 23.6 Å². The van der Waals surface area contributed by atoms with Gasteiger partial charge >= 0.3 is 6.03 Å². The van der Waals surface area contributed by atoms with Gasteiger partial charge in [0, 0.05) is 24.7 Å². The number of carbonyl (C=O) groups excluding carboxylic acids is 1. The minimum Gasteiger partial charge on any atom is -0.316 e. The van der Waals surface area contributed by atoms with Crippen LogP contribution < -0.4 is 4.90 Å². The van der Waals surface area contributed by atoms with Crippen molar-refractivity contribution in [1.29, 1.82) is 0 Å². The summed E-state index contributed by atoms with van der Waals surface area (Å²) in [6.45, 7) is 0. The van der Waals surface area contributed by atoms with Crippen LogP contribution in [-0.2, 0) is 0 Å². The standard InChI is InChI=1S/C16H15ClN2O/c1-18-14-9-4-3-8-13(14)15(19(2)16(18)20)11-6-5-7-12(17)10-11/h3-10,15H,1-2H3. The Hall–Kier alpha value is -2.00. The predicted molar refractivity (Wildman–Crippen MR) is 81.3 cm³/mol. The Kier molecular flexibility index (Phi) is 3.14. The van der Waals surface area contributed by atoms with Crippen molar-refractivity contribution in [2.24, 2.45) is 0 Å². The van der Waals surface area contributed by atoms with Gasteiger partial charge in [0.05, 0.1) is 11.7 Å². The van der Waals surface area contributed by atoms with E-state index < -0.39 is 0 Å². The number of fused-ring (bicyclic) bond motifs is 1. The fourth-order valence-corrected chi connectivity index (χ4v) is 2.96. The molecule has 4 heteroatoms. The third-order valence-electron chi connectivity index (χ3n) is 3.73. The smallest absolute Gasteiger partial charge is 0.316 e. The Bertz CT molecular complexity index is 671. The molecule has 0 N–H and O–H groups in total. The molecule has 0 fully saturated rings. The summed E-state index contributed by atoms with van der Waals surface area (Å²) < 4.78 is 0. The Morgan fingerprint density at radius 1 is 1.05 bits per heavy atom. The summed E-state index contributed by atoms with van der Waals surface area (Å²) in [6.07, 6.45) is 0. The summed E-state index contributed by atoms with van der Waals surface area (Å²) in [5.41, 5.74) is 3.08. The maximum Gasteiger partial charge on any atom is 0.324 e. The van der Waals surface area contributed by atoms with E-state index in [-0.39, 0.29) is 12.1 Å². The second-order valence-electron chi connectivity index (χ2n) is 4.97. The molecule has 0 saturated carbocycles. The molecule has 1 heterocycles. The fraction of sp³-hybridized carbons (Fsp3) is 0.188. The average molecular weight is 287 g/mol. The highest BCUT2D eigenvalue weighted by Crippen LogP contribution is 2.39. The van der Waals surface area contributed by atoms with E-state index in [2.05, 4.69) is 6.07 Å². The van der Waals surface area contributed by atoms with Gasteiger partial charge in [-0.05, 0) is 23.8 Å². The van der Waals surface area contributed by atoms with Gasteiger partial charge in [0.2, 0.25) is 0 Å². The van der Waals surface area contributed by atoms with Crippen LogP contribution in [0, 0.1) is 0 Å². The molecule has 3 nitrogen and oxygen atoms in total. The van der Waals surface area contributed by atoms with Crippen LogP contribution in [0.4, 0.5) is 10.5 Å². The maximum absolute atomic E-state index is 12.4. The highest BCUT2D eigenvalue weighted by Gasteiger charge is 2.34. The number of carbonyl (C=O) groups is 1. The zero-order valence-corrected chi connectivity index (χ0v) is 12.1. The molecule has 1 unspecified atom stereocenters. The van der Waals surface area contributed by atoms with Gasteiger partial charge in [0.1, 0.15) is 0 Å². The van der Waals surface area contributed by atoms with Crippen LogP contribution >= 0.6 is 11.6 Å². The van der Waals surface area contributed by atoms with Crippen molar-refractivity contribution in [2.45, 2.75) is 6.04 Å². The molecular weight excluding hydrogens is 272 g/mol. The lowest BCUT2D eigenvalue weighted by molar-refractivity contribution is 0.202. The molecule has 102 valence electrons. The van der Waals surface area contributed by atoms with Gasteiger partial charge in [-0.1, -0.05) is 41.9 Å². The molecule has 1 aliphatic heterocycles. The largest absolute Gasteiger partial charge is 0.324 e. The second kappa shape index (κ2) is 4.84. The van der Waals surface area contributed by atoms with E-state index in [1.54, 1.807) is 16.8 Å². The van der Waals surface area contributed by atoms with Gasteiger partial charge in [-0.25, -0.2) is 4.79 Å². The van der Waals surface area contributed by atoms with Crippen LogP contribution in [0.1, 0.15) is 17.2 Å². The highest BCUT2D eigenvalue weighted by atomic mass is 35.5. The number of amides is 2. The molecule has 0 bridgehead atoms. The van der Waals surface area contributed by atoms with E-state index in [1.165, 1.54) is 0 Å². The van der Waals surface area contributed by atoms with Gasteiger partial charge in [-0.2, -0.15) is 0 Å². The fourth-order valence-electron chi connectivity index (χ4n) is 2.76. The predicted octanol–water partition coefficient (Wildman–Crippen LogP) is 3.93. The minimum atomic E-state index is -0.103. The van der Waals surface area contributed by atoms with E-state index in [4.69, 9.17) is 11.6 Å². The number of anilines is 1. The SMILES string of the molecule is CN1C(=O)N(C)C(c2cccc(Cl)c2)c2ccccc21. The van der Waals surface area contributed by atoms with Crippen molar-refractivity contribution in [3.63, 3.8) is 0 Å². The molecule has 1 atom stereocenters. The van der Waals surface area contributed by atoms with Crippen molar-refractivity contribution < 1.29 is 4.79 Å². The van der Waals surface area contributed by atoms with Crippen molar-refractivity contribution in [1.82, 2.24) is 4.90 Å². The number of halogens is 1.